The van der Waals surface area contributed by atoms with Gasteiger partial charge in [0, 0.05) is 16.3 Å². The Hall–Kier alpha value is 0.170. The Morgan fingerprint density at radius 2 is 2.00 bits per heavy atom. The predicted octanol–water partition coefficient (Wildman–Crippen LogP) is 7.06. The van der Waals surface area contributed by atoms with Crippen LogP contribution in [-0.2, 0) is 13.6 Å². The van der Waals surface area contributed by atoms with Gasteiger partial charge in [-0.2, -0.15) is 0 Å². The lowest BCUT2D eigenvalue weighted by Crippen LogP contribution is -1.97. The van der Waals surface area contributed by atoms with E-state index in [-0.39, 0.29) is 16.9 Å². The summed E-state index contributed by atoms with van der Waals surface area (Å²) in [5, 5.41) is 0.583. The van der Waals surface area contributed by atoms with Crippen LogP contribution in [0.5, 0.6) is 0 Å². The van der Waals surface area contributed by atoms with Crippen LogP contribution in [0.15, 0.2) is 22.7 Å². The molecule has 22 heavy (non-hydrogen) atoms. The number of aryl methyl sites for hydroxylation is 1. The standard InChI is InChI=1S/C14H18Cl3O3PS/c1-4-8-22-21(18,19-5-2)20-13(14(16)17)12-7-6-11(15)9-10(12)3/h6-7,9H,4-5,8H2,1-3H3. The zero-order valence-corrected chi connectivity index (χ0v) is 16.5. The molecule has 0 aliphatic heterocycles. The minimum atomic E-state index is -3.39. The third-order valence-corrected chi connectivity index (χ3v) is 7.05. The van der Waals surface area contributed by atoms with Crippen molar-refractivity contribution < 1.29 is 13.6 Å². The van der Waals surface area contributed by atoms with E-state index in [1.54, 1.807) is 25.1 Å². The molecular weight excluding hydrogens is 386 g/mol. The van der Waals surface area contributed by atoms with Gasteiger partial charge in [0.05, 0.1) is 6.61 Å². The summed E-state index contributed by atoms with van der Waals surface area (Å²) >= 11 is 18.9. The van der Waals surface area contributed by atoms with Crippen LogP contribution in [0.3, 0.4) is 0 Å². The Morgan fingerprint density at radius 1 is 1.32 bits per heavy atom. The topological polar surface area (TPSA) is 35.5 Å². The van der Waals surface area contributed by atoms with Gasteiger partial charge in [0.2, 0.25) is 0 Å². The summed E-state index contributed by atoms with van der Waals surface area (Å²) in [6.45, 7) is 2.45. The smallest absolute Gasteiger partial charge is 0.414 e. The highest BCUT2D eigenvalue weighted by molar-refractivity contribution is 8.55. The van der Waals surface area contributed by atoms with E-state index < -0.39 is 6.80 Å². The Morgan fingerprint density at radius 3 is 2.50 bits per heavy atom. The Balaban J connectivity index is 3.16. The summed E-state index contributed by atoms with van der Waals surface area (Å²) in [7, 11) is 0. The molecule has 0 aliphatic carbocycles. The maximum atomic E-state index is 12.8. The molecule has 1 aromatic carbocycles. The minimum Gasteiger partial charge on any atom is -0.414 e. The van der Waals surface area contributed by atoms with E-state index in [4.69, 9.17) is 43.9 Å². The van der Waals surface area contributed by atoms with Crippen molar-refractivity contribution in [1.82, 2.24) is 0 Å². The number of benzene rings is 1. The normalized spacial score (nSPS) is 13.5. The fourth-order valence-corrected chi connectivity index (χ4v) is 5.70. The van der Waals surface area contributed by atoms with Gasteiger partial charge in [-0.15, -0.1) is 0 Å². The fourth-order valence-electron chi connectivity index (χ4n) is 1.63. The van der Waals surface area contributed by atoms with Gasteiger partial charge >= 0.3 is 6.80 Å². The Labute approximate surface area is 150 Å². The van der Waals surface area contributed by atoms with Gasteiger partial charge in [0.25, 0.3) is 0 Å². The fraction of sp³-hybridized carbons (Fsp3) is 0.429. The van der Waals surface area contributed by atoms with Crippen molar-refractivity contribution in [3.63, 3.8) is 0 Å². The Bertz CT molecular complexity index is 589. The highest BCUT2D eigenvalue weighted by atomic mass is 35.5. The van der Waals surface area contributed by atoms with E-state index in [1.807, 2.05) is 13.8 Å². The lowest BCUT2D eigenvalue weighted by Gasteiger charge is -2.20. The molecule has 0 spiro atoms. The average molecular weight is 404 g/mol. The molecule has 3 nitrogen and oxygen atoms in total. The third kappa shape index (κ3) is 5.99. The van der Waals surface area contributed by atoms with Gasteiger partial charge in [0.1, 0.15) is 4.49 Å². The zero-order valence-electron chi connectivity index (χ0n) is 12.6. The van der Waals surface area contributed by atoms with Crippen LogP contribution < -0.4 is 0 Å². The number of halogens is 3. The monoisotopic (exact) mass is 402 g/mol. The summed E-state index contributed by atoms with van der Waals surface area (Å²) in [5.41, 5.74) is 1.44. The first kappa shape index (κ1) is 20.2. The van der Waals surface area contributed by atoms with Gasteiger partial charge < -0.3 is 4.52 Å². The molecule has 0 N–H and O–H groups in total. The van der Waals surface area contributed by atoms with Crippen LogP contribution >= 0.6 is 53.0 Å². The molecule has 0 amide bonds. The maximum absolute atomic E-state index is 12.8. The van der Waals surface area contributed by atoms with E-state index >= 15 is 0 Å². The molecule has 0 saturated carbocycles. The van der Waals surface area contributed by atoms with Gasteiger partial charge in [-0.3, -0.25) is 4.52 Å². The predicted molar refractivity (Wildman–Crippen MR) is 97.9 cm³/mol. The first-order chi connectivity index (χ1) is 10.3. The number of hydrogen-bond donors (Lipinski definition) is 0. The molecule has 0 bridgehead atoms. The van der Waals surface area contributed by atoms with E-state index in [0.29, 0.717) is 16.3 Å². The van der Waals surface area contributed by atoms with E-state index in [1.165, 1.54) is 0 Å². The molecule has 1 rings (SSSR count). The SMILES string of the molecule is CCCSP(=O)(OCC)OC(=C(Cl)Cl)c1ccc(Cl)cc1C. The largest absolute Gasteiger partial charge is 0.440 e. The number of rotatable bonds is 8. The molecule has 0 saturated heterocycles. The van der Waals surface area contributed by atoms with Crippen LogP contribution in [0.2, 0.25) is 5.02 Å². The van der Waals surface area contributed by atoms with Crippen molar-refractivity contribution in [2.75, 3.05) is 12.4 Å². The second-order valence-corrected chi connectivity index (χ2v) is 9.84. The van der Waals surface area contributed by atoms with Crippen LogP contribution in [0.25, 0.3) is 5.76 Å². The van der Waals surface area contributed by atoms with Gasteiger partial charge in [-0.05, 0) is 55.4 Å². The van der Waals surface area contributed by atoms with Crippen molar-refractivity contribution in [2.24, 2.45) is 0 Å². The third-order valence-electron chi connectivity index (χ3n) is 2.55. The molecule has 0 radical (unpaired) electrons. The lowest BCUT2D eigenvalue weighted by molar-refractivity contribution is 0.287. The first-order valence-electron chi connectivity index (χ1n) is 6.73. The molecule has 0 heterocycles. The van der Waals surface area contributed by atoms with Gasteiger partial charge in [-0.1, -0.05) is 41.7 Å². The highest BCUT2D eigenvalue weighted by Crippen LogP contribution is 2.63. The molecule has 1 unspecified atom stereocenters. The minimum absolute atomic E-state index is 0.109. The van der Waals surface area contributed by atoms with Crippen molar-refractivity contribution in [1.29, 1.82) is 0 Å². The molecule has 0 aromatic heterocycles. The second kappa shape index (κ2) is 9.46. The molecule has 8 heteroatoms. The van der Waals surface area contributed by atoms with Crippen molar-refractivity contribution in [2.45, 2.75) is 27.2 Å². The summed E-state index contributed by atoms with van der Waals surface area (Å²) in [4.78, 5) is 0. The summed E-state index contributed by atoms with van der Waals surface area (Å²) < 4.78 is 23.6. The second-order valence-electron chi connectivity index (χ2n) is 4.34. The van der Waals surface area contributed by atoms with E-state index in [0.717, 1.165) is 23.4 Å². The van der Waals surface area contributed by atoms with Crippen LogP contribution in [0.4, 0.5) is 0 Å². The molecular formula is C14H18Cl3O3PS. The van der Waals surface area contributed by atoms with E-state index in [2.05, 4.69) is 0 Å². The van der Waals surface area contributed by atoms with Crippen molar-refractivity contribution >= 4 is 58.7 Å². The molecule has 1 atom stereocenters. The van der Waals surface area contributed by atoms with Gasteiger partial charge in [0.15, 0.2) is 5.76 Å². The van der Waals surface area contributed by atoms with Crippen LogP contribution in [-0.4, -0.2) is 12.4 Å². The number of hydrogen-bond acceptors (Lipinski definition) is 4. The maximum Gasteiger partial charge on any atom is 0.440 e. The molecule has 1 aromatic rings. The van der Waals surface area contributed by atoms with Crippen LogP contribution in [0.1, 0.15) is 31.4 Å². The van der Waals surface area contributed by atoms with E-state index in [9.17, 15) is 4.57 Å². The summed E-state index contributed by atoms with van der Waals surface area (Å²) in [5.74, 6) is 0.780. The molecule has 124 valence electrons. The summed E-state index contributed by atoms with van der Waals surface area (Å²) in [6.07, 6.45) is 0.846. The molecule has 0 aliphatic rings. The van der Waals surface area contributed by atoms with Crippen molar-refractivity contribution in [3.8, 4) is 0 Å². The zero-order chi connectivity index (χ0) is 16.8. The van der Waals surface area contributed by atoms with Gasteiger partial charge in [-0.25, -0.2) is 4.57 Å². The Kier molecular flexibility index (Phi) is 8.69. The molecule has 0 fully saturated rings. The highest BCUT2D eigenvalue weighted by Gasteiger charge is 2.29. The lowest BCUT2D eigenvalue weighted by atomic mass is 10.1. The quantitative estimate of drug-likeness (QED) is 0.344. The van der Waals surface area contributed by atoms with Crippen molar-refractivity contribution in [3.05, 3.63) is 38.8 Å². The summed E-state index contributed by atoms with van der Waals surface area (Å²) in [6, 6.07) is 5.16. The first-order valence-corrected chi connectivity index (χ1v) is 11.0. The van der Waals surface area contributed by atoms with Crippen LogP contribution in [0, 0.1) is 6.92 Å². The average Bonchev–Trinajstić information content (AvgIpc) is 2.43.